The Kier molecular flexibility index (Phi) is 11.3. The van der Waals surface area contributed by atoms with Crippen molar-refractivity contribution in [1.82, 2.24) is 4.98 Å². The summed E-state index contributed by atoms with van der Waals surface area (Å²) >= 11 is 0. The summed E-state index contributed by atoms with van der Waals surface area (Å²) < 4.78 is 38.8. The average molecular weight is 603 g/mol. The van der Waals surface area contributed by atoms with E-state index < -0.39 is 19.3 Å². The molecule has 0 radical (unpaired) electrons. The van der Waals surface area contributed by atoms with Crippen molar-refractivity contribution in [2.24, 2.45) is 0 Å². The molecule has 0 fully saturated rings. The largest absolute Gasteiger partial charge is 0.496 e. The third-order valence-electron chi connectivity index (χ3n) is 7.45. The number of pyridine rings is 1. The Morgan fingerprint density at radius 1 is 0.909 bits per heavy atom. The monoisotopic (exact) mass is 602 g/mol. The molecule has 0 aliphatic carbocycles. The van der Waals surface area contributed by atoms with Crippen LogP contribution in [0.15, 0.2) is 72.9 Å². The van der Waals surface area contributed by atoms with Crippen LogP contribution in [0.1, 0.15) is 66.0 Å². The Balaban J connectivity index is 1.73. The van der Waals surface area contributed by atoms with Gasteiger partial charge in [0.2, 0.25) is 0 Å². The Morgan fingerprint density at radius 3 is 2.25 bits per heavy atom. The Hall–Kier alpha value is -4.46. The van der Waals surface area contributed by atoms with Crippen molar-refractivity contribution < 1.29 is 28.2 Å². The molecule has 232 valence electrons. The van der Waals surface area contributed by atoms with Crippen LogP contribution in [0.25, 0.3) is 11.1 Å². The van der Waals surface area contributed by atoms with Crippen molar-refractivity contribution in [2.75, 3.05) is 18.6 Å². The summed E-state index contributed by atoms with van der Waals surface area (Å²) in [7, 11) is 1.67. The molecule has 0 saturated heterocycles. The molecule has 0 atom stereocenters. The van der Waals surface area contributed by atoms with E-state index in [1.54, 1.807) is 37.6 Å². The second-order valence-corrected chi connectivity index (χ2v) is 11.3. The first-order chi connectivity index (χ1) is 21.2. The molecule has 1 heterocycles. The molecule has 0 aliphatic heterocycles. The first-order valence-corrected chi connectivity index (χ1v) is 14.8. The first-order valence-electron chi connectivity index (χ1n) is 14.8. The van der Waals surface area contributed by atoms with E-state index in [1.807, 2.05) is 19.1 Å². The topological polar surface area (TPSA) is 71.9 Å². The zero-order valence-corrected chi connectivity index (χ0v) is 25.8. The van der Waals surface area contributed by atoms with E-state index in [9.17, 15) is 13.6 Å². The maximum absolute atomic E-state index is 13.7. The summed E-state index contributed by atoms with van der Waals surface area (Å²) in [6.07, 6.45) is 2.03. The van der Waals surface area contributed by atoms with Gasteiger partial charge in [-0.2, -0.15) is 0 Å². The minimum Gasteiger partial charge on any atom is -0.496 e. The van der Waals surface area contributed by atoms with Crippen LogP contribution in [-0.4, -0.2) is 29.8 Å². The lowest BCUT2D eigenvalue weighted by Crippen LogP contribution is -2.24. The number of carbonyl (C=O) groups is 1. The van der Waals surface area contributed by atoms with Gasteiger partial charge in [0, 0.05) is 25.1 Å². The fraction of sp³-hybridized carbons (Fsp3) is 0.333. The molecule has 0 aliphatic rings. The number of aryl methyl sites for hydroxylation is 1. The summed E-state index contributed by atoms with van der Waals surface area (Å²) in [6.45, 7) is 6.10. The van der Waals surface area contributed by atoms with Crippen LogP contribution in [0.4, 0.5) is 14.6 Å². The Labute approximate surface area is 258 Å². The van der Waals surface area contributed by atoms with Gasteiger partial charge in [-0.25, -0.2) is 13.8 Å². The zero-order valence-electron chi connectivity index (χ0n) is 25.8. The molecule has 4 rings (SSSR count). The predicted molar refractivity (Wildman–Crippen MR) is 170 cm³/mol. The van der Waals surface area contributed by atoms with Crippen molar-refractivity contribution in [2.45, 2.75) is 66.0 Å². The van der Waals surface area contributed by atoms with E-state index in [0.717, 1.165) is 33.6 Å². The number of halogens is 2. The number of anilines is 1. The second kappa shape index (κ2) is 15.3. The third-order valence-corrected chi connectivity index (χ3v) is 7.45. The average Bonchev–Trinajstić information content (AvgIpc) is 3.02. The normalized spacial score (nSPS) is 11.1. The number of aromatic nitrogens is 1. The van der Waals surface area contributed by atoms with Crippen LogP contribution in [0, 0.1) is 6.92 Å². The lowest BCUT2D eigenvalue weighted by Gasteiger charge is -2.27. The fourth-order valence-electron chi connectivity index (χ4n) is 5.20. The van der Waals surface area contributed by atoms with Crippen LogP contribution >= 0.6 is 0 Å². The summed E-state index contributed by atoms with van der Waals surface area (Å²) in [5.74, 6) is 1.44. The number of carboxylic acid groups (broad SMARTS) is 1. The molecule has 6 nitrogen and oxygen atoms in total. The fourth-order valence-corrected chi connectivity index (χ4v) is 5.20. The van der Waals surface area contributed by atoms with Gasteiger partial charge in [0.25, 0.3) is 0 Å². The van der Waals surface area contributed by atoms with Crippen LogP contribution in [0.2, 0.25) is 0 Å². The summed E-state index contributed by atoms with van der Waals surface area (Å²) in [4.78, 5) is 17.6. The number of nitrogens with zero attached hydrogens (tertiary/aromatic N) is 2. The first kappa shape index (κ1) is 32.5. The lowest BCUT2D eigenvalue weighted by atomic mass is 9.92. The number of rotatable bonds is 15. The van der Waals surface area contributed by atoms with Gasteiger partial charge in [0.1, 0.15) is 30.7 Å². The Morgan fingerprint density at radius 2 is 1.64 bits per heavy atom. The molecule has 3 aromatic carbocycles. The molecule has 0 bridgehead atoms. The number of aliphatic carboxylic acids is 1. The highest BCUT2D eigenvalue weighted by molar-refractivity contribution is 5.75. The molecule has 8 heteroatoms. The van der Waals surface area contributed by atoms with Crippen molar-refractivity contribution in [3.63, 3.8) is 0 Å². The molecule has 0 amide bonds. The second-order valence-electron chi connectivity index (χ2n) is 11.3. The summed E-state index contributed by atoms with van der Waals surface area (Å²) in [5, 5.41) is 8.87. The van der Waals surface area contributed by atoms with Gasteiger partial charge in [0.05, 0.1) is 19.9 Å². The van der Waals surface area contributed by atoms with Gasteiger partial charge in [-0.05, 0) is 76.9 Å². The maximum atomic E-state index is 13.7. The van der Waals surface area contributed by atoms with Crippen molar-refractivity contribution in [3.05, 3.63) is 106 Å². The Bertz CT molecular complexity index is 1530. The zero-order chi connectivity index (χ0) is 31.6. The molecule has 0 saturated carbocycles. The number of benzene rings is 3. The quantitative estimate of drug-likeness (QED) is 0.137. The summed E-state index contributed by atoms with van der Waals surface area (Å²) in [5.41, 5.74) is 7.00. The molecule has 44 heavy (non-hydrogen) atoms. The van der Waals surface area contributed by atoms with Gasteiger partial charge >= 0.3 is 5.97 Å². The van der Waals surface area contributed by atoms with Gasteiger partial charge in [-0.3, -0.25) is 4.79 Å². The van der Waals surface area contributed by atoms with Crippen LogP contribution in [0.3, 0.4) is 0 Å². The third kappa shape index (κ3) is 8.56. The number of hydrogen-bond acceptors (Lipinski definition) is 5. The summed E-state index contributed by atoms with van der Waals surface area (Å²) in [6, 6.07) is 21.3. The molecule has 1 N–H and O–H groups in total. The number of hydrogen-bond donors (Lipinski definition) is 1. The van der Waals surface area contributed by atoms with Crippen LogP contribution in [0.5, 0.6) is 11.5 Å². The molecular formula is C36H40F2N2O4. The predicted octanol–water partition coefficient (Wildman–Crippen LogP) is 8.58. The molecule has 0 unspecified atom stereocenters. The molecule has 4 aromatic rings. The maximum Gasteiger partial charge on any atom is 0.303 e. The number of methoxy groups -OCH3 is 1. The molecule has 0 spiro atoms. The van der Waals surface area contributed by atoms with E-state index in [-0.39, 0.29) is 13.0 Å². The highest BCUT2D eigenvalue weighted by atomic mass is 19.1. The van der Waals surface area contributed by atoms with Crippen molar-refractivity contribution in [3.8, 4) is 22.6 Å². The van der Waals surface area contributed by atoms with Gasteiger partial charge in [0.15, 0.2) is 0 Å². The van der Waals surface area contributed by atoms with Gasteiger partial charge in [-0.1, -0.05) is 61.9 Å². The molecule has 1 aromatic heterocycles. The number of alkyl halides is 2. The SMILES string of the molecule is COc1ccc(C(C)C)cc1-c1ccc(C)cc1CN(Cc1cc(CF)cc(CF)c1)c1ccc(OCCCC(=O)O)cn1. The van der Waals surface area contributed by atoms with Gasteiger partial charge < -0.3 is 19.5 Å². The van der Waals surface area contributed by atoms with E-state index in [1.165, 1.54) is 5.56 Å². The standard InChI is InChI=1S/C36H40F2N2O4/c1-24(2)29-8-11-34(43-4)33(18-29)32-10-7-25(3)14-30(32)23-40(22-28-16-26(19-37)15-27(17-28)20-38)35-12-9-31(21-39-35)44-13-5-6-36(41)42/h7-12,14-18,21,24H,5-6,13,19-20,22-23H2,1-4H3,(H,41,42). The highest BCUT2D eigenvalue weighted by Gasteiger charge is 2.18. The number of ether oxygens (including phenoxy) is 2. The van der Waals surface area contributed by atoms with Crippen LogP contribution < -0.4 is 14.4 Å². The van der Waals surface area contributed by atoms with E-state index in [4.69, 9.17) is 14.6 Å². The molecular weight excluding hydrogens is 562 g/mol. The van der Waals surface area contributed by atoms with E-state index >= 15 is 0 Å². The lowest BCUT2D eigenvalue weighted by molar-refractivity contribution is -0.137. The van der Waals surface area contributed by atoms with E-state index in [0.29, 0.717) is 48.1 Å². The highest BCUT2D eigenvalue weighted by Crippen LogP contribution is 2.36. The van der Waals surface area contributed by atoms with Crippen LogP contribution in [-0.2, 0) is 31.2 Å². The minimum absolute atomic E-state index is 0.0296. The van der Waals surface area contributed by atoms with Crippen molar-refractivity contribution in [1.29, 1.82) is 0 Å². The van der Waals surface area contributed by atoms with Crippen molar-refractivity contribution >= 4 is 11.8 Å². The smallest absolute Gasteiger partial charge is 0.303 e. The van der Waals surface area contributed by atoms with E-state index in [2.05, 4.69) is 54.1 Å². The number of carboxylic acids is 1. The minimum atomic E-state index is -0.866. The van der Waals surface area contributed by atoms with Gasteiger partial charge in [-0.15, -0.1) is 0 Å².